The van der Waals surface area contributed by atoms with Crippen LogP contribution in [-0.2, 0) is 4.74 Å². The quantitative estimate of drug-likeness (QED) is 0.859. The Bertz CT molecular complexity index is 352. The van der Waals surface area contributed by atoms with Crippen molar-refractivity contribution in [1.29, 1.82) is 0 Å². The third-order valence-corrected chi connectivity index (χ3v) is 2.39. The molecule has 6 heteroatoms. The molecule has 0 bridgehead atoms. The van der Waals surface area contributed by atoms with Gasteiger partial charge in [0.2, 0.25) is 5.88 Å². The molecule has 5 nitrogen and oxygen atoms in total. The molecule has 16 heavy (non-hydrogen) atoms. The number of rotatable bonds is 4. The van der Waals surface area contributed by atoms with E-state index in [9.17, 15) is 0 Å². The summed E-state index contributed by atoms with van der Waals surface area (Å²) in [5.74, 6) is 0.798. The molecule has 0 unspecified atom stereocenters. The minimum atomic E-state index is -0.161. The van der Waals surface area contributed by atoms with Gasteiger partial charge in [0.25, 0.3) is 0 Å². The number of hydrogen-bond acceptors (Lipinski definition) is 5. The molecule has 0 saturated heterocycles. The highest BCUT2D eigenvalue weighted by Crippen LogP contribution is 2.25. The maximum atomic E-state index is 5.58. The lowest BCUT2D eigenvalue weighted by atomic mass is 10.2. The van der Waals surface area contributed by atoms with Crippen LogP contribution in [0.25, 0.3) is 0 Å². The predicted octanol–water partition coefficient (Wildman–Crippen LogP) is 2.02. The highest BCUT2D eigenvalue weighted by atomic mass is 79.9. The Balaban J connectivity index is 2.41. The summed E-state index contributed by atoms with van der Waals surface area (Å²) in [4.78, 5) is 7.77. The monoisotopic (exact) mass is 289 g/mol. The second kappa shape index (κ2) is 5.45. The van der Waals surface area contributed by atoms with E-state index in [0.717, 1.165) is 0 Å². The molecule has 2 N–H and O–H groups in total. The van der Waals surface area contributed by atoms with Crippen molar-refractivity contribution in [3.05, 3.63) is 10.8 Å². The Hall–Kier alpha value is -0.880. The molecule has 1 aromatic rings. The molecule has 1 aromatic heterocycles. The summed E-state index contributed by atoms with van der Waals surface area (Å²) in [5.41, 5.74) is 5.42. The summed E-state index contributed by atoms with van der Waals surface area (Å²) in [6.07, 6.45) is 1.36. The van der Waals surface area contributed by atoms with Gasteiger partial charge < -0.3 is 15.2 Å². The Morgan fingerprint density at radius 2 is 2.00 bits per heavy atom. The van der Waals surface area contributed by atoms with Crippen LogP contribution in [0, 0.1) is 0 Å². The number of ether oxygens (including phenoxy) is 2. The van der Waals surface area contributed by atoms with Gasteiger partial charge in [-0.2, -0.15) is 0 Å². The molecule has 1 heterocycles. The van der Waals surface area contributed by atoms with E-state index < -0.39 is 0 Å². The van der Waals surface area contributed by atoms with Crippen molar-refractivity contribution in [3.63, 3.8) is 0 Å². The number of nitrogens with zero attached hydrogens (tertiary/aromatic N) is 2. The van der Waals surface area contributed by atoms with Gasteiger partial charge >= 0.3 is 0 Å². The number of anilines is 1. The molecule has 0 radical (unpaired) electrons. The van der Waals surface area contributed by atoms with Crippen LogP contribution >= 0.6 is 15.9 Å². The van der Waals surface area contributed by atoms with E-state index in [-0.39, 0.29) is 5.60 Å². The maximum Gasteiger partial charge on any atom is 0.233 e. The van der Waals surface area contributed by atoms with Gasteiger partial charge in [0.1, 0.15) is 23.2 Å². The minimum absolute atomic E-state index is 0.161. The second-order valence-electron chi connectivity index (χ2n) is 4.19. The highest BCUT2D eigenvalue weighted by molar-refractivity contribution is 9.10. The third-order valence-electron chi connectivity index (χ3n) is 1.64. The van der Waals surface area contributed by atoms with Gasteiger partial charge in [-0.15, -0.1) is 0 Å². The Morgan fingerprint density at radius 1 is 1.31 bits per heavy atom. The second-order valence-corrected chi connectivity index (χ2v) is 4.98. The van der Waals surface area contributed by atoms with Crippen LogP contribution in [0.1, 0.15) is 20.8 Å². The Labute approximate surface area is 103 Å². The molecule has 0 aromatic carbocycles. The summed E-state index contributed by atoms with van der Waals surface area (Å²) in [5, 5.41) is 0. The van der Waals surface area contributed by atoms with Gasteiger partial charge in [0.15, 0.2) is 0 Å². The third kappa shape index (κ3) is 4.32. The molecule has 0 fully saturated rings. The van der Waals surface area contributed by atoms with Crippen LogP contribution in [0.5, 0.6) is 5.88 Å². The molecule has 0 aliphatic rings. The fraction of sp³-hybridized carbons (Fsp3) is 0.600. The first-order valence-corrected chi connectivity index (χ1v) is 5.72. The summed E-state index contributed by atoms with van der Waals surface area (Å²) in [6.45, 7) is 6.90. The zero-order chi connectivity index (χ0) is 12.2. The van der Waals surface area contributed by atoms with E-state index in [0.29, 0.717) is 29.4 Å². The summed E-state index contributed by atoms with van der Waals surface area (Å²) in [7, 11) is 0. The normalized spacial score (nSPS) is 11.5. The van der Waals surface area contributed by atoms with Crippen LogP contribution in [0.3, 0.4) is 0 Å². The molecule has 0 saturated carbocycles. The molecule has 0 spiro atoms. The van der Waals surface area contributed by atoms with Crippen molar-refractivity contribution in [2.45, 2.75) is 26.4 Å². The van der Waals surface area contributed by atoms with E-state index in [4.69, 9.17) is 15.2 Å². The van der Waals surface area contributed by atoms with Crippen molar-refractivity contribution in [3.8, 4) is 5.88 Å². The average molecular weight is 290 g/mol. The van der Waals surface area contributed by atoms with Gasteiger partial charge in [-0.3, -0.25) is 0 Å². The topological polar surface area (TPSA) is 70.3 Å². The smallest absolute Gasteiger partial charge is 0.233 e. The lowest BCUT2D eigenvalue weighted by Gasteiger charge is -2.19. The molecule has 0 amide bonds. The van der Waals surface area contributed by atoms with E-state index in [1.807, 2.05) is 20.8 Å². The summed E-state index contributed by atoms with van der Waals surface area (Å²) in [6, 6.07) is 0. The van der Waals surface area contributed by atoms with E-state index >= 15 is 0 Å². The van der Waals surface area contributed by atoms with Crippen molar-refractivity contribution in [1.82, 2.24) is 9.97 Å². The molecular weight excluding hydrogens is 274 g/mol. The van der Waals surface area contributed by atoms with Crippen molar-refractivity contribution >= 4 is 21.7 Å². The van der Waals surface area contributed by atoms with Gasteiger partial charge in [0.05, 0.1) is 12.2 Å². The number of nitrogens with two attached hydrogens (primary N) is 1. The Morgan fingerprint density at radius 3 is 2.62 bits per heavy atom. The number of halogens is 1. The van der Waals surface area contributed by atoms with Crippen LogP contribution in [-0.4, -0.2) is 28.8 Å². The van der Waals surface area contributed by atoms with Crippen molar-refractivity contribution < 1.29 is 9.47 Å². The average Bonchev–Trinajstić information content (AvgIpc) is 2.17. The van der Waals surface area contributed by atoms with Gasteiger partial charge in [-0.1, -0.05) is 0 Å². The first kappa shape index (κ1) is 13.2. The SMILES string of the molecule is CC(C)(C)OCCOc1ncnc(N)c1Br. The highest BCUT2D eigenvalue weighted by Gasteiger charge is 2.10. The zero-order valence-corrected chi connectivity index (χ0v) is 11.2. The molecule has 0 aliphatic heterocycles. The zero-order valence-electron chi connectivity index (χ0n) is 9.66. The fourth-order valence-corrected chi connectivity index (χ4v) is 1.27. The summed E-state index contributed by atoms with van der Waals surface area (Å²) >= 11 is 3.26. The minimum Gasteiger partial charge on any atom is -0.474 e. The van der Waals surface area contributed by atoms with Gasteiger partial charge in [-0.05, 0) is 36.7 Å². The van der Waals surface area contributed by atoms with E-state index in [1.54, 1.807) is 0 Å². The van der Waals surface area contributed by atoms with E-state index in [2.05, 4.69) is 25.9 Å². The molecular formula is C10H16BrN3O2. The largest absolute Gasteiger partial charge is 0.474 e. The fourth-order valence-electron chi connectivity index (χ4n) is 0.953. The first-order chi connectivity index (χ1) is 7.40. The van der Waals surface area contributed by atoms with E-state index in [1.165, 1.54) is 6.33 Å². The standard InChI is InChI=1S/C10H16BrN3O2/c1-10(2,3)16-5-4-15-9-7(11)8(12)13-6-14-9/h6H,4-5H2,1-3H3,(H2,12,13,14). The van der Waals surface area contributed by atoms with Crippen LogP contribution < -0.4 is 10.5 Å². The maximum absolute atomic E-state index is 5.58. The van der Waals surface area contributed by atoms with Crippen LogP contribution in [0.15, 0.2) is 10.8 Å². The number of hydrogen-bond donors (Lipinski definition) is 1. The first-order valence-electron chi connectivity index (χ1n) is 4.93. The molecule has 90 valence electrons. The lowest BCUT2D eigenvalue weighted by molar-refractivity contribution is -0.0169. The predicted molar refractivity (Wildman–Crippen MR) is 65.3 cm³/mol. The van der Waals surface area contributed by atoms with Crippen molar-refractivity contribution in [2.75, 3.05) is 18.9 Å². The van der Waals surface area contributed by atoms with Gasteiger partial charge in [-0.25, -0.2) is 9.97 Å². The molecule has 1 rings (SSSR count). The van der Waals surface area contributed by atoms with Crippen LogP contribution in [0.2, 0.25) is 0 Å². The number of nitrogen functional groups attached to an aromatic ring is 1. The molecule has 0 atom stereocenters. The lowest BCUT2D eigenvalue weighted by Crippen LogP contribution is -2.22. The van der Waals surface area contributed by atoms with Crippen molar-refractivity contribution in [2.24, 2.45) is 0 Å². The molecule has 0 aliphatic carbocycles. The Kier molecular flexibility index (Phi) is 4.49. The number of aromatic nitrogens is 2. The van der Waals surface area contributed by atoms with Crippen LogP contribution in [0.4, 0.5) is 5.82 Å². The summed E-state index contributed by atoms with van der Waals surface area (Å²) < 4.78 is 11.5. The van der Waals surface area contributed by atoms with Gasteiger partial charge in [0, 0.05) is 0 Å².